The molecule has 0 aliphatic heterocycles. The van der Waals surface area contributed by atoms with E-state index >= 15 is 0 Å². The van der Waals surface area contributed by atoms with Crippen molar-refractivity contribution in [3.63, 3.8) is 0 Å². The Morgan fingerprint density at radius 1 is 1.45 bits per heavy atom. The Hall–Kier alpha value is -1.81. The third kappa shape index (κ3) is 3.50. The maximum absolute atomic E-state index is 11.9. The summed E-state index contributed by atoms with van der Waals surface area (Å²) in [6.45, 7) is 2.15. The van der Waals surface area contributed by atoms with Crippen LogP contribution < -0.4 is 5.32 Å². The van der Waals surface area contributed by atoms with Gasteiger partial charge in [0, 0.05) is 24.4 Å². The van der Waals surface area contributed by atoms with Crippen molar-refractivity contribution in [3.8, 4) is 11.3 Å². The maximum Gasteiger partial charge on any atom is 0.220 e. The highest BCUT2D eigenvalue weighted by atomic mass is 35.5. The maximum atomic E-state index is 11.9. The average Bonchev–Trinajstić information content (AvgIpc) is 3.09. The number of carbonyl (C=O) groups excluding carboxylic acids is 1. The van der Waals surface area contributed by atoms with Crippen LogP contribution in [0, 0.1) is 5.92 Å². The monoisotopic (exact) mass is 318 g/mol. The molecule has 4 nitrogen and oxygen atoms in total. The molecule has 2 aromatic rings. The van der Waals surface area contributed by atoms with Crippen LogP contribution >= 0.6 is 11.6 Å². The minimum Gasteiger partial charge on any atom is -0.441 e. The molecule has 1 heterocycles. The van der Waals surface area contributed by atoms with E-state index in [-0.39, 0.29) is 5.91 Å². The molecule has 0 spiro atoms. The number of rotatable bonds is 6. The molecular weight excluding hydrogens is 300 g/mol. The van der Waals surface area contributed by atoms with Crippen molar-refractivity contribution in [2.24, 2.45) is 5.92 Å². The Morgan fingerprint density at radius 3 is 3.00 bits per heavy atom. The van der Waals surface area contributed by atoms with Gasteiger partial charge in [0.15, 0.2) is 11.7 Å². The summed E-state index contributed by atoms with van der Waals surface area (Å²) < 4.78 is 5.69. The molecule has 5 heteroatoms. The zero-order chi connectivity index (χ0) is 15.5. The van der Waals surface area contributed by atoms with Crippen LogP contribution in [0.4, 0.5) is 0 Å². The van der Waals surface area contributed by atoms with Crippen LogP contribution in [0.2, 0.25) is 5.02 Å². The van der Waals surface area contributed by atoms with Gasteiger partial charge >= 0.3 is 0 Å². The highest BCUT2D eigenvalue weighted by Gasteiger charge is 2.36. The molecule has 1 aromatic heterocycles. The molecule has 1 aromatic carbocycles. The minimum absolute atomic E-state index is 0.0680. The number of aryl methyl sites for hydroxylation is 1. The fourth-order valence-electron chi connectivity index (χ4n) is 2.59. The van der Waals surface area contributed by atoms with Gasteiger partial charge < -0.3 is 9.73 Å². The van der Waals surface area contributed by atoms with Crippen LogP contribution in [0.1, 0.15) is 32.1 Å². The molecule has 2 atom stereocenters. The first kappa shape index (κ1) is 15.1. The zero-order valence-corrected chi connectivity index (χ0v) is 13.3. The molecule has 1 fully saturated rings. The van der Waals surface area contributed by atoms with Gasteiger partial charge in [0.25, 0.3) is 0 Å². The van der Waals surface area contributed by atoms with Gasteiger partial charge in [-0.3, -0.25) is 4.79 Å². The van der Waals surface area contributed by atoms with Crippen molar-refractivity contribution in [1.29, 1.82) is 0 Å². The second-order valence-corrected chi connectivity index (χ2v) is 6.08. The Bertz CT molecular complexity index is 668. The zero-order valence-electron chi connectivity index (χ0n) is 12.5. The van der Waals surface area contributed by atoms with E-state index in [1.807, 2.05) is 24.3 Å². The number of amides is 1. The van der Waals surface area contributed by atoms with E-state index in [1.165, 1.54) is 0 Å². The normalized spacial score (nSPS) is 19.9. The number of aromatic nitrogens is 1. The molecule has 3 rings (SSSR count). The second-order valence-electron chi connectivity index (χ2n) is 5.68. The molecule has 2 unspecified atom stereocenters. The van der Waals surface area contributed by atoms with Crippen LogP contribution in [0.25, 0.3) is 11.3 Å². The molecule has 1 aliphatic carbocycles. The molecule has 1 N–H and O–H groups in total. The standard InChI is InChI=1S/C17H19ClN2O2/c1-2-11-9-14(11)20-16(21)7-8-17-19-10-15(22-17)12-5-3-4-6-13(12)18/h3-6,10-11,14H,2,7-9H2,1H3,(H,20,21). The van der Waals surface area contributed by atoms with Gasteiger partial charge in [0.2, 0.25) is 5.91 Å². The average molecular weight is 319 g/mol. The fourth-order valence-corrected chi connectivity index (χ4v) is 2.82. The summed E-state index contributed by atoms with van der Waals surface area (Å²) in [5.41, 5.74) is 0.816. The summed E-state index contributed by atoms with van der Waals surface area (Å²) >= 11 is 6.14. The third-order valence-electron chi connectivity index (χ3n) is 4.05. The Kier molecular flexibility index (Phi) is 4.48. The Morgan fingerprint density at radius 2 is 2.27 bits per heavy atom. The smallest absolute Gasteiger partial charge is 0.220 e. The van der Waals surface area contributed by atoms with Crippen LogP contribution in [0.15, 0.2) is 34.9 Å². The number of oxazole rings is 1. The number of hydrogen-bond acceptors (Lipinski definition) is 3. The number of halogens is 1. The molecule has 1 amide bonds. The number of carbonyl (C=O) groups is 1. The second kappa shape index (κ2) is 6.53. The van der Waals surface area contributed by atoms with E-state index in [4.69, 9.17) is 16.0 Å². The quantitative estimate of drug-likeness (QED) is 0.880. The number of benzene rings is 1. The summed E-state index contributed by atoms with van der Waals surface area (Å²) in [6.07, 6.45) is 4.79. The largest absolute Gasteiger partial charge is 0.441 e. The molecule has 22 heavy (non-hydrogen) atoms. The van der Waals surface area contributed by atoms with Crippen molar-refractivity contribution in [2.45, 2.75) is 38.6 Å². The lowest BCUT2D eigenvalue weighted by Gasteiger charge is -2.02. The summed E-state index contributed by atoms with van der Waals surface area (Å²) in [5.74, 6) is 1.93. The number of nitrogens with one attached hydrogen (secondary N) is 1. The van der Waals surface area contributed by atoms with Crippen LogP contribution in [0.3, 0.4) is 0 Å². The van der Waals surface area contributed by atoms with Gasteiger partial charge in [-0.1, -0.05) is 37.1 Å². The lowest BCUT2D eigenvalue weighted by atomic mass is 10.2. The van der Waals surface area contributed by atoms with Gasteiger partial charge in [-0.25, -0.2) is 4.98 Å². The van der Waals surface area contributed by atoms with Crippen molar-refractivity contribution in [2.75, 3.05) is 0 Å². The summed E-state index contributed by atoms with van der Waals surface area (Å²) in [6, 6.07) is 7.84. The van der Waals surface area contributed by atoms with E-state index < -0.39 is 0 Å². The first-order chi connectivity index (χ1) is 10.7. The van der Waals surface area contributed by atoms with Gasteiger partial charge in [-0.15, -0.1) is 0 Å². The lowest BCUT2D eigenvalue weighted by molar-refractivity contribution is -0.121. The number of hydrogen-bond donors (Lipinski definition) is 1. The van der Waals surface area contributed by atoms with Crippen molar-refractivity contribution >= 4 is 17.5 Å². The summed E-state index contributed by atoms with van der Waals surface area (Å²) in [7, 11) is 0. The predicted octanol–water partition coefficient (Wildman–Crippen LogP) is 3.84. The van der Waals surface area contributed by atoms with Crippen molar-refractivity contribution < 1.29 is 9.21 Å². The predicted molar refractivity (Wildman–Crippen MR) is 85.6 cm³/mol. The van der Waals surface area contributed by atoms with E-state index in [2.05, 4.69) is 17.2 Å². The summed E-state index contributed by atoms with van der Waals surface area (Å²) in [4.78, 5) is 16.1. The Labute approximate surface area is 134 Å². The van der Waals surface area contributed by atoms with Crippen LogP contribution in [-0.2, 0) is 11.2 Å². The van der Waals surface area contributed by atoms with Crippen molar-refractivity contribution in [3.05, 3.63) is 41.4 Å². The van der Waals surface area contributed by atoms with Gasteiger partial charge in [-0.05, 0) is 24.5 Å². The first-order valence-corrected chi connectivity index (χ1v) is 8.04. The topological polar surface area (TPSA) is 55.1 Å². The van der Waals surface area contributed by atoms with Crippen LogP contribution in [-0.4, -0.2) is 16.9 Å². The van der Waals surface area contributed by atoms with E-state index in [1.54, 1.807) is 6.20 Å². The van der Waals surface area contributed by atoms with E-state index in [0.717, 1.165) is 18.4 Å². The van der Waals surface area contributed by atoms with Gasteiger partial charge in [0.05, 0.1) is 11.2 Å². The molecular formula is C17H19ClN2O2. The Balaban J connectivity index is 1.54. The van der Waals surface area contributed by atoms with E-state index in [9.17, 15) is 4.79 Å². The van der Waals surface area contributed by atoms with Crippen molar-refractivity contribution in [1.82, 2.24) is 10.3 Å². The third-order valence-corrected chi connectivity index (χ3v) is 4.38. The minimum atomic E-state index is 0.0680. The lowest BCUT2D eigenvalue weighted by Crippen LogP contribution is -2.26. The van der Waals surface area contributed by atoms with Gasteiger partial charge in [-0.2, -0.15) is 0 Å². The molecule has 1 saturated carbocycles. The fraction of sp³-hybridized carbons (Fsp3) is 0.412. The van der Waals surface area contributed by atoms with Crippen LogP contribution in [0.5, 0.6) is 0 Å². The molecule has 0 radical (unpaired) electrons. The molecule has 116 valence electrons. The SMILES string of the molecule is CCC1CC1NC(=O)CCc1ncc(-c2ccccc2Cl)o1. The molecule has 0 saturated heterocycles. The molecule has 1 aliphatic rings. The first-order valence-electron chi connectivity index (χ1n) is 7.66. The highest BCUT2D eigenvalue weighted by molar-refractivity contribution is 6.33. The van der Waals surface area contributed by atoms with Gasteiger partial charge in [0.1, 0.15) is 0 Å². The summed E-state index contributed by atoms with van der Waals surface area (Å²) in [5, 5.41) is 3.67. The highest BCUT2D eigenvalue weighted by Crippen LogP contribution is 2.33. The number of nitrogens with zero attached hydrogens (tertiary/aromatic N) is 1. The van der Waals surface area contributed by atoms with E-state index in [0.29, 0.717) is 41.5 Å². The molecule has 0 bridgehead atoms.